The van der Waals surface area contributed by atoms with Gasteiger partial charge in [-0.25, -0.2) is 0 Å². The molecule has 1 fully saturated rings. The number of amides is 1. The van der Waals surface area contributed by atoms with Crippen molar-refractivity contribution in [1.29, 1.82) is 0 Å². The summed E-state index contributed by atoms with van der Waals surface area (Å²) in [5, 5.41) is 11.3. The smallest absolute Gasteiger partial charge is 0.295 e. The Balaban J connectivity index is 2.11. The van der Waals surface area contributed by atoms with Crippen molar-refractivity contribution in [3.05, 3.63) is 59.2 Å². The van der Waals surface area contributed by atoms with E-state index >= 15 is 0 Å². The Kier molecular flexibility index (Phi) is 8.76. The first kappa shape index (κ1) is 26.1. The quantitative estimate of drug-likeness (QED) is 0.225. The molecule has 0 bridgehead atoms. The summed E-state index contributed by atoms with van der Waals surface area (Å²) < 4.78 is 16.8. The highest BCUT2D eigenvalue weighted by atomic mass is 16.5. The fourth-order valence-electron chi connectivity index (χ4n) is 4.07. The van der Waals surface area contributed by atoms with Crippen molar-refractivity contribution < 1.29 is 28.9 Å². The van der Waals surface area contributed by atoms with Crippen LogP contribution in [0.25, 0.3) is 5.76 Å². The van der Waals surface area contributed by atoms with Gasteiger partial charge in [0.15, 0.2) is 11.5 Å². The number of rotatable bonds is 11. The number of aliphatic hydroxyl groups excluding tert-OH is 1. The van der Waals surface area contributed by atoms with Gasteiger partial charge in [-0.2, -0.15) is 0 Å². The summed E-state index contributed by atoms with van der Waals surface area (Å²) in [6, 6.07) is 11.3. The highest BCUT2D eigenvalue weighted by Crippen LogP contribution is 2.45. The summed E-state index contributed by atoms with van der Waals surface area (Å²) >= 11 is 0. The van der Waals surface area contributed by atoms with Crippen LogP contribution in [0.4, 0.5) is 0 Å². The van der Waals surface area contributed by atoms with Crippen molar-refractivity contribution in [1.82, 2.24) is 9.80 Å². The zero-order valence-corrected chi connectivity index (χ0v) is 21.0. The van der Waals surface area contributed by atoms with Gasteiger partial charge in [0.1, 0.15) is 11.5 Å². The number of likely N-dealkylation sites (tertiary alicyclic amines) is 1. The molecule has 1 atom stereocenters. The molecule has 0 aromatic heterocycles. The lowest BCUT2D eigenvalue weighted by Crippen LogP contribution is -2.35. The number of carbonyl (C=O) groups is 2. The van der Waals surface area contributed by atoms with E-state index in [1.165, 1.54) is 19.1 Å². The molecule has 1 aliphatic heterocycles. The second-order valence-electron chi connectivity index (χ2n) is 8.60. The molecule has 0 radical (unpaired) electrons. The fraction of sp³-hybridized carbons (Fsp3) is 0.407. The van der Waals surface area contributed by atoms with Crippen molar-refractivity contribution in [2.75, 3.05) is 48.0 Å². The first-order chi connectivity index (χ1) is 16.8. The molecule has 1 N–H and O–H groups in total. The number of Topliss-reactive ketones (excluding diaryl/α,β-unsaturated/α-hetero) is 1. The molecule has 1 saturated heterocycles. The van der Waals surface area contributed by atoms with Crippen LogP contribution in [0.5, 0.6) is 17.2 Å². The minimum absolute atomic E-state index is 0.0139. The highest BCUT2D eigenvalue weighted by Gasteiger charge is 2.47. The maximum atomic E-state index is 13.2. The molecule has 35 heavy (non-hydrogen) atoms. The summed E-state index contributed by atoms with van der Waals surface area (Å²) in [4.78, 5) is 29.8. The largest absolute Gasteiger partial charge is 0.507 e. The van der Waals surface area contributed by atoms with Gasteiger partial charge >= 0.3 is 0 Å². The van der Waals surface area contributed by atoms with Gasteiger partial charge in [0.05, 0.1) is 32.4 Å². The number of benzene rings is 2. The number of unbranched alkanes of at least 4 members (excludes halogenated alkanes) is 1. The van der Waals surface area contributed by atoms with Crippen LogP contribution in [0.15, 0.2) is 48.0 Å². The first-order valence-electron chi connectivity index (χ1n) is 11.7. The SMILES string of the molecule is CCCCOc1ccc(/C(O)=C2/C(=O)C(=O)N(CCN(C)C)C2c2cccc(OC)c2OC)cc1. The summed E-state index contributed by atoms with van der Waals surface area (Å²) in [5.74, 6) is -0.0977. The molecule has 2 aromatic rings. The van der Waals surface area contributed by atoms with Crippen LogP contribution >= 0.6 is 0 Å². The molecule has 0 spiro atoms. The summed E-state index contributed by atoms with van der Waals surface area (Å²) in [6.07, 6.45) is 1.97. The lowest BCUT2D eigenvalue weighted by Gasteiger charge is -2.28. The van der Waals surface area contributed by atoms with Gasteiger partial charge in [0.2, 0.25) is 0 Å². The van der Waals surface area contributed by atoms with Crippen LogP contribution in [-0.2, 0) is 9.59 Å². The van der Waals surface area contributed by atoms with Crippen LogP contribution in [0, 0.1) is 0 Å². The molecule has 1 aliphatic rings. The Morgan fingerprint density at radius 2 is 1.77 bits per heavy atom. The van der Waals surface area contributed by atoms with Crippen LogP contribution in [0.2, 0.25) is 0 Å². The number of hydrogen-bond donors (Lipinski definition) is 1. The molecule has 0 saturated carbocycles. The topological polar surface area (TPSA) is 88.5 Å². The number of likely N-dealkylation sites (N-methyl/N-ethyl adjacent to an activating group) is 1. The Labute approximate surface area is 206 Å². The molecule has 8 nitrogen and oxygen atoms in total. The van der Waals surface area contributed by atoms with Gasteiger partial charge in [-0.05, 0) is 50.8 Å². The Hall–Kier alpha value is -3.52. The van der Waals surface area contributed by atoms with E-state index in [0.29, 0.717) is 48.1 Å². The van der Waals surface area contributed by atoms with Gasteiger partial charge < -0.3 is 29.1 Å². The lowest BCUT2D eigenvalue weighted by molar-refractivity contribution is -0.140. The summed E-state index contributed by atoms with van der Waals surface area (Å²) in [6.45, 7) is 3.53. The lowest BCUT2D eigenvalue weighted by atomic mass is 9.94. The minimum atomic E-state index is -0.833. The molecular formula is C27H34N2O6. The van der Waals surface area contributed by atoms with Crippen molar-refractivity contribution in [3.63, 3.8) is 0 Å². The van der Waals surface area contributed by atoms with E-state index in [2.05, 4.69) is 6.92 Å². The number of hydrogen-bond acceptors (Lipinski definition) is 7. The molecule has 1 heterocycles. The van der Waals surface area contributed by atoms with Gasteiger partial charge in [-0.3, -0.25) is 9.59 Å². The van der Waals surface area contributed by atoms with E-state index < -0.39 is 17.7 Å². The van der Waals surface area contributed by atoms with Crippen LogP contribution in [0.1, 0.15) is 36.9 Å². The van der Waals surface area contributed by atoms with Crippen molar-refractivity contribution in [3.8, 4) is 17.2 Å². The van der Waals surface area contributed by atoms with E-state index in [1.807, 2.05) is 19.0 Å². The molecule has 1 unspecified atom stereocenters. The third-order valence-corrected chi connectivity index (χ3v) is 5.95. The number of para-hydroxylation sites is 1. The van der Waals surface area contributed by atoms with Crippen LogP contribution in [0.3, 0.4) is 0 Å². The van der Waals surface area contributed by atoms with Crippen LogP contribution < -0.4 is 14.2 Å². The molecule has 0 aliphatic carbocycles. The predicted molar refractivity (Wildman–Crippen MR) is 134 cm³/mol. The monoisotopic (exact) mass is 482 g/mol. The van der Waals surface area contributed by atoms with E-state index in [-0.39, 0.29) is 11.3 Å². The molecule has 8 heteroatoms. The van der Waals surface area contributed by atoms with E-state index in [4.69, 9.17) is 14.2 Å². The first-order valence-corrected chi connectivity index (χ1v) is 11.7. The molecule has 1 amide bonds. The number of aliphatic hydroxyl groups is 1. The Morgan fingerprint density at radius 1 is 1.06 bits per heavy atom. The number of ether oxygens (including phenoxy) is 3. The Morgan fingerprint density at radius 3 is 2.37 bits per heavy atom. The maximum Gasteiger partial charge on any atom is 0.295 e. The second kappa shape index (κ2) is 11.8. The normalized spacial score (nSPS) is 17.2. The third kappa shape index (κ3) is 5.59. The second-order valence-corrected chi connectivity index (χ2v) is 8.60. The average molecular weight is 483 g/mol. The van der Waals surface area contributed by atoms with Crippen molar-refractivity contribution >= 4 is 17.4 Å². The number of nitrogens with zero attached hydrogens (tertiary/aromatic N) is 2. The maximum absolute atomic E-state index is 13.2. The van der Waals surface area contributed by atoms with Crippen molar-refractivity contribution in [2.24, 2.45) is 0 Å². The van der Waals surface area contributed by atoms with Crippen LogP contribution in [-0.4, -0.2) is 74.6 Å². The van der Waals surface area contributed by atoms with E-state index in [0.717, 1.165) is 12.8 Å². The molecule has 188 valence electrons. The van der Waals surface area contributed by atoms with Gasteiger partial charge in [-0.1, -0.05) is 25.5 Å². The highest BCUT2D eigenvalue weighted by molar-refractivity contribution is 6.46. The molecule has 2 aromatic carbocycles. The Bertz CT molecular complexity index is 1080. The fourth-order valence-corrected chi connectivity index (χ4v) is 4.07. The zero-order chi connectivity index (χ0) is 25.5. The standard InChI is InChI=1S/C27H34N2O6/c1-6-7-17-35-19-13-11-18(12-14-19)24(30)22-23(20-9-8-10-21(33-4)26(20)34-5)29(16-15-28(2)3)27(32)25(22)31/h8-14,23,30H,6-7,15-17H2,1-5H3/b24-22-. The average Bonchev–Trinajstić information content (AvgIpc) is 3.11. The van der Waals surface area contributed by atoms with Gasteiger partial charge in [0.25, 0.3) is 11.7 Å². The summed E-state index contributed by atoms with van der Waals surface area (Å²) in [5.41, 5.74) is 0.996. The number of ketones is 1. The number of carbonyl (C=O) groups excluding carboxylic acids is 2. The van der Waals surface area contributed by atoms with Crippen molar-refractivity contribution in [2.45, 2.75) is 25.8 Å². The third-order valence-electron chi connectivity index (χ3n) is 5.95. The minimum Gasteiger partial charge on any atom is -0.507 e. The molecular weight excluding hydrogens is 448 g/mol. The van der Waals surface area contributed by atoms with E-state index in [9.17, 15) is 14.7 Å². The molecule has 3 rings (SSSR count). The van der Waals surface area contributed by atoms with E-state index in [1.54, 1.807) is 42.5 Å². The van der Waals surface area contributed by atoms with Gasteiger partial charge in [-0.15, -0.1) is 0 Å². The predicted octanol–water partition coefficient (Wildman–Crippen LogP) is 3.87. The number of methoxy groups -OCH3 is 2. The summed E-state index contributed by atoms with van der Waals surface area (Å²) in [7, 11) is 6.81. The van der Waals surface area contributed by atoms with Gasteiger partial charge in [0, 0.05) is 24.2 Å². The zero-order valence-electron chi connectivity index (χ0n) is 21.0.